The summed E-state index contributed by atoms with van der Waals surface area (Å²) >= 11 is 0. The van der Waals surface area contributed by atoms with E-state index < -0.39 is 0 Å². The highest BCUT2D eigenvalue weighted by Gasteiger charge is 2.29. The highest BCUT2D eigenvalue weighted by atomic mass is 16.2. The van der Waals surface area contributed by atoms with Gasteiger partial charge in [0.05, 0.1) is 5.92 Å². The van der Waals surface area contributed by atoms with Gasteiger partial charge in [-0.05, 0) is 12.8 Å². The molecule has 1 aliphatic heterocycles. The molecule has 1 aliphatic rings. The Morgan fingerprint density at radius 1 is 1.44 bits per heavy atom. The maximum absolute atomic E-state index is 11.7. The van der Waals surface area contributed by atoms with E-state index in [-0.39, 0.29) is 17.7 Å². The second-order valence-corrected chi connectivity index (χ2v) is 4.02. The van der Waals surface area contributed by atoms with E-state index in [1.807, 2.05) is 19.1 Å². The summed E-state index contributed by atoms with van der Waals surface area (Å²) in [7, 11) is 1.64. The van der Waals surface area contributed by atoms with Crippen LogP contribution in [-0.4, -0.2) is 36.9 Å². The van der Waals surface area contributed by atoms with Gasteiger partial charge >= 0.3 is 0 Å². The molecule has 0 saturated carbocycles. The molecule has 1 unspecified atom stereocenters. The lowest BCUT2D eigenvalue weighted by Crippen LogP contribution is -2.32. The van der Waals surface area contributed by atoms with E-state index >= 15 is 0 Å². The third-order valence-corrected chi connectivity index (χ3v) is 2.85. The van der Waals surface area contributed by atoms with Crippen molar-refractivity contribution in [3.8, 4) is 0 Å². The first-order valence-corrected chi connectivity index (χ1v) is 5.83. The lowest BCUT2D eigenvalue weighted by Gasteiger charge is -2.15. The first-order chi connectivity index (χ1) is 7.69. The van der Waals surface area contributed by atoms with Crippen LogP contribution in [0.1, 0.15) is 26.2 Å². The predicted octanol–water partition coefficient (Wildman–Crippen LogP) is 0.937. The van der Waals surface area contributed by atoms with Crippen LogP contribution in [0, 0.1) is 5.92 Å². The van der Waals surface area contributed by atoms with E-state index in [1.54, 1.807) is 11.9 Å². The molecule has 4 heteroatoms. The van der Waals surface area contributed by atoms with Crippen molar-refractivity contribution in [3.63, 3.8) is 0 Å². The summed E-state index contributed by atoms with van der Waals surface area (Å²) in [5, 5.41) is 2.63. The van der Waals surface area contributed by atoms with Crippen molar-refractivity contribution in [2.24, 2.45) is 5.92 Å². The summed E-state index contributed by atoms with van der Waals surface area (Å²) in [4.78, 5) is 24.9. The number of carbonyl (C=O) groups is 2. The van der Waals surface area contributed by atoms with Gasteiger partial charge in [-0.3, -0.25) is 9.59 Å². The Kier molecular flexibility index (Phi) is 5.02. The zero-order valence-corrected chi connectivity index (χ0v) is 10.0. The summed E-state index contributed by atoms with van der Waals surface area (Å²) in [5.74, 6) is 0.139. The Hall–Kier alpha value is -1.32. The molecule has 1 fully saturated rings. The minimum atomic E-state index is -0.0240. The largest absolute Gasteiger partial charge is 0.359 e. The molecule has 1 saturated heterocycles. The van der Waals surface area contributed by atoms with Crippen molar-refractivity contribution in [3.05, 3.63) is 12.2 Å². The first kappa shape index (κ1) is 12.7. The number of nitrogens with zero attached hydrogens (tertiary/aromatic N) is 1. The maximum Gasteiger partial charge on any atom is 0.226 e. The molecule has 0 spiro atoms. The average molecular weight is 224 g/mol. The quantitative estimate of drug-likeness (QED) is 0.722. The molecule has 0 aromatic rings. The van der Waals surface area contributed by atoms with Crippen LogP contribution in [0.3, 0.4) is 0 Å². The maximum atomic E-state index is 11.7. The van der Waals surface area contributed by atoms with Crippen LogP contribution >= 0.6 is 0 Å². The van der Waals surface area contributed by atoms with Gasteiger partial charge in [0, 0.05) is 26.6 Å². The Labute approximate surface area is 96.7 Å². The summed E-state index contributed by atoms with van der Waals surface area (Å²) in [6, 6.07) is 0. The molecular formula is C12H20N2O2. The molecule has 1 heterocycles. The fourth-order valence-electron chi connectivity index (χ4n) is 1.88. The van der Waals surface area contributed by atoms with Gasteiger partial charge in [0.1, 0.15) is 0 Å². The number of nitrogens with one attached hydrogen (secondary N) is 1. The van der Waals surface area contributed by atoms with Crippen molar-refractivity contribution in [1.29, 1.82) is 0 Å². The molecule has 90 valence electrons. The van der Waals surface area contributed by atoms with Crippen LogP contribution in [0.15, 0.2) is 12.2 Å². The van der Waals surface area contributed by atoms with Crippen LogP contribution in [-0.2, 0) is 9.59 Å². The lowest BCUT2D eigenvalue weighted by molar-refractivity contribution is -0.129. The molecule has 16 heavy (non-hydrogen) atoms. The number of carbonyl (C=O) groups excluding carboxylic acids is 2. The second kappa shape index (κ2) is 6.30. The Morgan fingerprint density at radius 2 is 2.19 bits per heavy atom. The Morgan fingerprint density at radius 3 is 2.81 bits per heavy atom. The van der Waals surface area contributed by atoms with Crippen LogP contribution < -0.4 is 5.32 Å². The lowest BCUT2D eigenvalue weighted by atomic mass is 10.1. The van der Waals surface area contributed by atoms with Crippen molar-refractivity contribution < 1.29 is 9.59 Å². The molecule has 4 nitrogen and oxygen atoms in total. The normalized spacial score (nSPS) is 20.4. The monoisotopic (exact) mass is 224 g/mol. The molecule has 0 aromatic carbocycles. The summed E-state index contributed by atoms with van der Waals surface area (Å²) in [5.41, 5.74) is 0. The zero-order chi connectivity index (χ0) is 12.0. The van der Waals surface area contributed by atoms with E-state index in [4.69, 9.17) is 0 Å². The van der Waals surface area contributed by atoms with Crippen LogP contribution in [0.5, 0.6) is 0 Å². The minimum Gasteiger partial charge on any atom is -0.359 e. The van der Waals surface area contributed by atoms with Crippen molar-refractivity contribution in [2.45, 2.75) is 26.2 Å². The Bertz CT molecular complexity index is 287. The number of likely N-dealkylation sites (tertiary alicyclic amines) is 1. The standard InChI is InChI=1S/C12H20N2O2/c1-3-4-5-6-11(15)14-8-7-10(9-14)12(16)13-2/h4-5,10H,3,6-9H2,1-2H3,(H,13,16). The van der Waals surface area contributed by atoms with Crippen molar-refractivity contribution in [1.82, 2.24) is 10.2 Å². The zero-order valence-electron chi connectivity index (χ0n) is 10.0. The molecule has 0 bridgehead atoms. The number of amides is 2. The molecular weight excluding hydrogens is 204 g/mol. The van der Waals surface area contributed by atoms with Gasteiger partial charge in [0.2, 0.25) is 11.8 Å². The molecule has 0 aromatic heterocycles. The van der Waals surface area contributed by atoms with E-state index in [0.29, 0.717) is 19.5 Å². The van der Waals surface area contributed by atoms with Gasteiger partial charge in [0.25, 0.3) is 0 Å². The molecule has 2 amide bonds. The predicted molar refractivity (Wildman–Crippen MR) is 62.8 cm³/mol. The summed E-state index contributed by atoms with van der Waals surface area (Å²) < 4.78 is 0. The number of allylic oxidation sites excluding steroid dienone is 1. The topological polar surface area (TPSA) is 49.4 Å². The number of rotatable bonds is 4. The van der Waals surface area contributed by atoms with Gasteiger partial charge in [-0.2, -0.15) is 0 Å². The molecule has 0 aliphatic carbocycles. The first-order valence-electron chi connectivity index (χ1n) is 5.83. The Balaban J connectivity index is 2.37. The minimum absolute atomic E-state index is 0.0240. The third kappa shape index (κ3) is 3.36. The smallest absolute Gasteiger partial charge is 0.226 e. The van der Waals surface area contributed by atoms with Gasteiger partial charge in [-0.25, -0.2) is 0 Å². The molecule has 0 radical (unpaired) electrons. The van der Waals surface area contributed by atoms with E-state index in [9.17, 15) is 9.59 Å². The SMILES string of the molecule is CCC=CCC(=O)N1CCC(C(=O)NC)C1. The molecule has 1 rings (SSSR count). The van der Waals surface area contributed by atoms with Crippen LogP contribution in [0.25, 0.3) is 0 Å². The van der Waals surface area contributed by atoms with Crippen molar-refractivity contribution >= 4 is 11.8 Å². The summed E-state index contributed by atoms with van der Waals surface area (Å²) in [6.45, 7) is 3.31. The number of hydrogen-bond donors (Lipinski definition) is 1. The third-order valence-electron chi connectivity index (χ3n) is 2.85. The van der Waals surface area contributed by atoms with Gasteiger partial charge in [-0.1, -0.05) is 19.1 Å². The van der Waals surface area contributed by atoms with Crippen LogP contribution in [0.2, 0.25) is 0 Å². The fraction of sp³-hybridized carbons (Fsp3) is 0.667. The second-order valence-electron chi connectivity index (χ2n) is 4.02. The van der Waals surface area contributed by atoms with Gasteiger partial charge < -0.3 is 10.2 Å². The summed E-state index contributed by atoms with van der Waals surface area (Å²) in [6.07, 6.45) is 6.07. The highest BCUT2D eigenvalue weighted by molar-refractivity contribution is 5.82. The van der Waals surface area contributed by atoms with Crippen molar-refractivity contribution in [2.75, 3.05) is 20.1 Å². The van der Waals surface area contributed by atoms with E-state index in [2.05, 4.69) is 5.32 Å². The fourth-order valence-corrected chi connectivity index (χ4v) is 1.88. The molecule has 1 atom stereocenters. The molecule has 1 N–H and O–H groups in total. The highest BCUT2D eigenvalue weighted by Crippen LogP contribution is 2.17. The average Bonchev–Trinajstić information content (AvgIpc) is 2.77. The van der Waals surface area contributed by atoms with E-state index in [1.165, 1.54) is 0 Å². The van der Waals surface area contributed by atoms with Crippen LogP contribution in [0.4, 0.5) is 0 Å². The van der Waals surface area contributed by atoms with E-state index in [0.717, 1.165) is 12.8 Å². The van der Waals surface area contributed by atoms with Gasteiger partial charge in [0.15, 0.2) is 0 Å². The van der Waals surface area contributed by atoms with Gasteiger partial charge in [-0.15, -0.1) is 0 Å². The number of hydrogen-bond acceptors (Lipinski definition) is 2.